The molecule has 9 heteroatoms. The number of halogens is 3. The lowest BCUT2D eigenvalue weighted by Crippen LogP contribution is -2.15. The number of hydrogen-bond donors (Lipinski definition) is 2. The molecule has 0 aliphatic carbocycles. The Kier molecular flexibility index (Phi) is 12.1. The molecule has 4 aromatic rings. The van der Waals surface area contributed by atoms with E-state index >= 15 is 0 Å². The van der Waals surface area contributed by atoms with Gasteiger partial charge in [-0.25, -0.2) is 4.79 Å². The third kappa shape index (κ3) is 9.58. The number of aryl methyl sites for hydroxylation is 1. The van der Waals surface area contributed by atoms with Crippen molar-refractivity contribution < 1.29 is 32.6 Å². The van der Waals surface area contributed by atoms with Gasteiger partial charge in [0.15, 0.2) is 0 Å². The third-order valence-corrected chi connectivity index (χ3v) is 8.86. The molecule has 0 saturated carbocycles. The monoisotopic (exact) mass is 638 g/mol. The highest BCUT2D eigenvalue weighted by Crippen LogP contribution is 2.37. The Bertz CT molecular complexity index is 1660. The van der Waals surface area contributed by atoms with Crippen molar-refractivity contribution in [2.45, 2.75) is 80.7 Å². The Morgan fingerprint density at radius 1 is 0.956 bits per heavy atom. The lowest BCUT2D eigenvalue weighted by atomic mass is 10.0. The molecule has 0 radical (unpaired) electrons. The lowest BCUT2D eigenvalue weighted by molar-refractivity contribution is -0.137. The molecule has 0 saturated heterocycles. The summed E-state index contributed by atoms with van der Waals surface area (Å²) < 4.78 is 45.7. The number of aliphatic hydroxyl groups is 1. The number of hydrogen-bond acceptors (Lipinski definition) is 5. The lowest BCUT2D eigenvalue weighted by Gasteiger charge is -2.21. The van der Waals surface area contributed by atoms with Gasteiger partial charge in [-0.2, -0.15) is 13.2 Å². The van der Waals surface area contributed by atoms with Gasteiger partial charge in [-0.05, 0) is 59.9 Å². The number of alkyl halides is 3. The van der Waals surface area contributed by atoms with Crippen molar-refractivity contribution >= 4 is 34.8 Å². The zero-order valence-corrected chi connectivity index (χ0v) is 25.9. The molecule has 45 heavy (non-hydrogen) atoms. The van der Waals surface area contributed by atoms with Crippen LogP contribution in [0.5, 0.6) is 0 Å². The molecular formula is C36H37F3O5S. The second-order valence-electron chi connectivity index (χ2n) is 11.1. The summed E-state index contributed by atoms with van der Waals surface area (Å²) in [6, 6.07) is 17.3. The van der Waals surface area contributed by atoms with Crippen LogP contribution in [0.4, 0.5) is 13.2 Å². The average Bonchev–Trinajstić information content (AvgIpc) is 3.02. The molecule has 2 N–H and O–H groups in total. The van der Waals surface area contributed by atoms with Crippen LogP contribution in [0.15, 0.2) is 93.2 Å². The molecule has 5 nitrogen and oxygen atoms in total. The number of unbranched alkanes of at least 4 members (excludes halogenated alkanes) is 6. The number of fused-ring (bicyclic) bond motifs is 1. The van der Waals surface area contributed by atoms with Crippen LogP contribution >= 0.6 is 11.8 Å². The number of carbonyl (C=O) groups is 1. The largest absolute Gasteiger partial charge is 0.477 e. The highest BCUT2D eigenvalue weighted by molar-refractivity contribution is 8.00. The molecule has 0 bridgehead atoms. The Labute approximate surface area is 264 Å². The maximum absolute atomic E-state index is 13.4. The summed E-state index contributed by atoms with van der Waals surface area (Å²) >= 11 is 1.18. The second kappa shape index (κ2) is 16.0. The number of carboxylic acids is 1. The molecule has 0 unspecified atom stereocenters. The fraction of sp³-hybridized carbons (Fsp3) is 0.333. The van der Waals surface area contributed by atoms with E-state index in [-0.39, 0.29) is 16.5 Å². The van der Waals surface area contributed by atoms with Gasteiger partial charge < -0.3 is 14.6 Å². The summed E-state index contributed by atoms with van der Waals surface area (Å²) in [5.41, 5.74) is 0.349. The minimum absolute atomic E-state index is 0.0846. The molecule has 2 atom stereocenters. The van der Waals surface area contributed by atoms with Gasteiger partial charge in [0.25, 0.3) is 0 Å². The Morgan fingerprint density at radius 3 is 2.36 bits per heavy atom. The summed E-state index contributed by atoms with van der Waals surface area (Å²) in [5, 5.41) is 19.9. The third-order valence-electron chi connectivity index (χ3n) is 7.64. The van der Waals surface area contributed by atoms with Gasteiger partial charge in [-0.1, -0.05) is 94.0 Å². The molecule has 0 aliphatic rings. The standard InChI is InChI=1S/C36H37F3O5S/c1-2-3-4-5-6-7-8-10-24-13-15-25(16-14-24)17-20-32(33(40)26-11-9-12-27(21-26)36(37,38)39)45-28-18-19-29-31(22-28)44-23-30(34(29)41)35(42)43/h9,11-23,32-33,40H,2-8,10H2,1H3,(H,42,43)/t32-,33+/m1/s1. The smallest absolute Gasteiger partial charge is 0.416 e. The summed E-state index contributed by atoms with van der Waals surface area (Å²) in [4.78, 5) is 24.4. The Balaban J connectivity index is 1.54. The quantitative estimate of drug-likeness (QED) is 0.0996. The number of aliphatic hydroxyl groups excluding tert-OH is 1. The van der Waals surface area contributed by atoms with Crippen molar-refractivity contribution in [2.24, 2.45) is 0 Å². The topological polar surface area (TPSA) is 87.7 Å². The van der Waals surface area contributed by atoms with E-state index in [1.54, 1.807) is 18.2 Å². The summed E-state index contributed by atoms with van der Waals surface area (Å²) in [5.74, 6) is -1.40. The molecule has 1 heterocycles. The zero-order chi connectivity index (χ0) is 32.4. The van der Waals surface area contributed by atoms with Crippen molar-refractivity contribution in [1.82, 2.24) is 0 Å². The van der Waals surface area contributed by atoms with Crippen LogP contribution in [0.2, 0.25) is 0 Å². The van der Waals surface area contributed by atoms with Crippen LogP contribution < -0.4 is 5.43 Å². The van der Waals surface area contributed by atoms with E-state index in [1.165, 1.54) is 74.0 Å². The number of carboxylic acid groups (broad SMARTS) is 1. The van der Waals surface area contributed by atoms with Gasteiger partial charge in [-0.15, -0.1) is 11.8 Å². The predicted octanol–water partition coefficient (Wildman–Crippen LogP) is 9.71. The van der Waals surface area contributed by atoms with Crippen LogP contribution in [-0.4, -0.2) is 21.4 Å². The van der Waals surface area contributed by atoms with Gasteiger partial charge in [-0.3, -0.25) is 4.79 Å². The van der Waals surface area contributed by atoms with Gasteiger partial charge in [0.05, 0.1) is 22.3 Å². The predicted molar refractivity (Wildman–Crippen MR) is 173 cm³/mol. The van der Waals surface area contributed by atoms with Crippen molar-refractivity contribution in [3.8, 4) is 0 Å². The van der Waals surface area contributed by atoms with Crippen LogP contribution in [0.25, 0.3) is 17.0 Å². The molecule has 0 amide bonds. The van der Waals surface area contributed by atoms with Gasteiger partial charge in [0.1, 0.15) is 17.4 Å². The van der Waals surface area contributed by atoms with Crippen LogP contribution in [0.1, 0.15) is 90.6 Å². The number of rotatable bonds is 15. The average molecular weight is 639 g/mol. The first kappa shape index (κ1) is 34.1. The fourth-order valence-electron chi connectivity index (χ4n) is 5.07. The first-order valence-corrected chi connectivity index (χ1v) is 16.0. The van der Waals surface area contributed by atoms with Crippen molar-refractivity contribution in [3.63, 3.8) is 0 Å². The zero-order valence-electron chi connectivity index (χ0n) is 25.1. The molecule has 0 spiro atoms. The number of benzene rings is 3. The van der Waals surface area contributed by atoms with Gasteiger partial charge >= 0.3 is 12.1 Å². The molecule has 1 aromatic heterocycles. The van der Waals surface area contributed by atoms with E-state index in [1.807, 2.05) is 18.2 Å². The molecule has 4 rings (SSSR count). The minimum Gasteiger partial charge on any atom is -0.477 e. The van der Waals surface area contributed by atoms with Crippen LogP contribution in [0, 0.1) is 0 Å². The first-order chi connectivity index (χ1) is 21.6. The summed E-state index contributed by atoms with van der Waals surface area (Å²) in [7, 11) is 0. The van der Waals surface area contributed by atoms with Gasteiger partial charge in [0, 0.05) is 4.90 Å². The molecule has 0 aliphatic heterocycles. The van der Waals surface area contributed by atoms with Crippen molar-refractivity contribution in [1.29, 1.82) is 0 Å². The summed E-state index contributed by atoms with van der Waals surface area (Å²) in [6.45, 7) is 2.21. The minimum atomic E-state index is -4.56. The van der Waals surface area contributed by atoms with E-state index in [0.717, 1.165) is 36.8 Å². The maximum Gasteiger partial charge on any atom is 0.416 e. The van der Waals surface area contributed by atoms with Crippen molar-refractivity contribution in [2.75, 3.05) is 0 Å². The van der Waals surface area contributed by atoms with Crippen LogP contribution in [-0.2, 0) is 12.6 Å². The van der Waals surface area contributed by atoms with Crippen LogP contribution in [0.3, 0.4) is 0 Å². The Hall–Kier alpha value is -3.82. The second-order valence-corrected chi connectivity index (χ2v) is 12.3. The highest BCUT2D eigenvalue weighted by atomic mass is 32.2. The van der Waals surface area contributed by atoms with E-state index < -0.39 is 40.1 Å². The molecule has 0 fully saturated rings. The summed E-state index contributed by atoms with van der Waals surface area (Å²) in [6.07, 6.45) is 8.28. The van der Waals surface area contributed by atoms with Crippen molar-refractivity contribution in [3.05, 3.63) is 117 Å². The van der Waals surface area contributed by atoms with E-state index in [0.29, 0.717) is 4.90 Å². The van der Waals surface area contributed by atoms with E-state index in [9.17, 15) is 33.0 Å². The first-order valence-electron chi connectivity index (χ1n) is 15.1. The normalized spacial score (nSPS) is 13.4. The number of thioether (sulfide) groups is 1. The van der Waals surface area contributed by atoms with Gasteiger partial charge in [0.2, 0.25) is 5.43 Å². The van der Waals surface area contributed by atoms with E-state index in [4.69, 9.17) is 4.42 Å². The Morgan fingerprint density at radius 2 is 1.67 bits per heavy atom. The maximum atomic E-state index is 13.4. The van der Waals surface area contributed by atoms with E-state index in [2.05, 4.69) is 19.1 Å². The highest BCUT2D eigenvalue weighted by Gasteiger charge is 2.31. The molecule has 3 aromatic carbocycles. The molecular weight excluding hydrogens is 601 g/mol. The number of aromatic carboxylic acids is 1. The SMILES string of the molecule is CCCCCCCCCc1ccc(C=C[C@@H](Sc2ccc3c(=O)c(C(=O)O)coc3c2)[C@@H](O)c2cccc(C(F)(F)F)c2)cc1. The molecule has 238 valence electrons. The fourth-order valence-corrected chi connectivity index (χ4v) is 6.15.